The molecule has 35 heavy (non-hydrogen) atoms. The minimum absolute atomic E-state index is 0.155. The van der Waals surface area contributed by atoms with Crippen LogP contribution in [-0.4, -0.2) is 73.3 Å². The van der Waals surface area contributed by atoms with Crippen LogP contribution in [0.15, 0.2) is 59.4 Å². The second kappa shape index (κ2) is 10.3. The number of piperazine rings is 1. The number of benzene rings is 1. The molecule has 1 aliphatic rings. The van der Waals surface area contributed by atoms with Gasteiger partial charge in [0, 0.05) is 63.2 Å². The lowest BCUT2D eigenvalue weighted by Gasteiger charge is -2.36. The van der Waals surface area contributed by atoms with Crippen molar-refractivity contribution in [2.75, 3.05) is 63.2 Å². The van der Waals surface area contributed by atoms with Gasteiger partial charge in [-0.05, 0) is 49.7 Å². The molecule has 8 heteroatoms. The second-order valence-corrected chi connectivity index (χ2v) is 9.21. The van der Waals surface area contributed by atoms with Crippen LogP contribution in [0.5, 0.6) is 5.88 Å². The summed E-state index contributed by atoms with van der Waals surface area (Å²) in [5.41, 5.74) is 2.71. The summed E-state index contributed by atoms with van der Waals surface area (Å²) < 4.78 is 5.82. The van der Waals surface area contributed by atoms with E-state index in [-0.39, 0.29) is 5.56 Å². The standard InChI is InChI=1S/C27H32N6O2/c1-31(2)23-11-8-20-6-5-7-22(26(20)28-23)33-17-15-32(16-18-33)14-3-4-19-35-25-13-10-21-9-12-24(34)29-27(21)30-25/h5-13H,3-4,14-19H2,1-2H3,(H,29,30,34). The highest BCUT2D eigenvalue weighted by molar-refractivity contribution is 5.92. The van der Waals surface area contributed by atoms with Crippen LogP contribution in [0.2, 0.25) is 0 Å². The van der Waals surface area contributed by atoms with Crippen LogP contribution in [-0.2, 0) is 0 Å². The molecule has 4 heterocycles. The topological polar surface area (TPSA) is 77.6 Å². The lowest BCUT2D eigenvalue weighted by atomic mass is 10.1. The Kier molecular flexibility index (Phi) is 6.81. The van der Waals surface area contributed by atoms with E-state index in [1.54, 1.807) is 6.07 Å². The number of aromatic amines is 1. The average molecular weight is 473 g/mol. The Morgan fingerprint density at radius 2 is 1.71 bits per heavy atom. The lowest BCUT2D eigenvalue weighted by Crippen LogP contribution is -2.46. The van der Waals surface area contributed by atoms with Gasteiger partial charge in [-0.25, -0.2) is 4.98 Å². The molecule has 0 spiro atoms. The monoisotopic (exact) mass is 472 g/mol. The first kappa shape index (κ1) is 23.1. The molecule has 0 unspecified atom stereocenters. The third-order valence-electron chi connectivity index (χ3n) is 6.53. The molecular weight excluding hydrogens is 440 g/mol. The maximum atomic E-state index is 11.5. The van der Waals surface area contributed by atoms with Crippen molar-refractivity contribution in [2.24, 2.45) is 0 Å². The summed E-state index contributed by atoms with van der Waals surface area (Å²) >= 11 is 0. The summed E-state index contributed by atoms with van der Waals surface area (Å²) in [6, 6.07) is 17.7. The molecule has 3 aromatic heterocycles. The molecule has 1 aromatic carbocycles. The van der Waals surface area contributed by atoms with Crippen molar-refractivity contribution in [2.45, 2.75) is 12.8 Å². The van der Waals surface area contributed by atoms with Crippen LogP contribution in [0.1, 0.15) is 12.8 Å². The molecule has 0 saturated carbocycles. The number of rotatable bonds is 8. The van der Waals surface area contributed by atoms with E-state index in [0.29, 0.717) is 18.1 Å². The predicted octanol–water partition coefficient (Wildman–Crippen LogP) is 3.52. The van der Waals surface area contributed by atoms with Crippen LogP contribution in [0.3, 0.4) is 0 Å². The smallest absolute Gasteiger partial charge is 0.249 e. The van der Waals surface area contributed by atoms with Crippen molar-refractivity contribution >= 4 is 33.4 Å². The third-order valence-corrected chi connectivity index (χ3v) is 6.53. The number of ether oxygens (including phenoxy) is 1. The fourth-order valence-electron chi connectivity index (χ4n) is 4.54. The minimum Gasteiger partial charge on any atom is -0.478 e. The molecule has 0 atom stereocenters. The van der Waals surface area contributed by atoms with Crippen LogP contribution in [0.25, 0.3) is 21.9 Å². The highest BCUT2D eigenvalue weighted by atomic mass is 16.5. The predicted molar refractivity (Wildman–Crippen MR) is 142 cm³/mol. The first-order chi connectivity index (χ1) is 17.1. The Bertz CT molecular complexity index is 1360. The maximum Gasteiger partial charge on any atom is 0.249 e. The number of hydrogen-bond donors (Lipinski definition) is 1. The second-order valence-electron chi connectivity index (χ2n) is 9.21. The van der Waals surface area contributed by atoms with Gasteiger partial charge in [0.15, 0.2) is 0 Å². The number of fused-ring (bicyclic) bond motifs is 2. The van der Waals surface area contributed by atoms with Gasteiger partial charge in [-0.3, -0.25) is 9.69 Å². The van der Waals surface area contributed by atoms with Crippen LogP contribution >= 0.6 is 0 Å². The van der Waals surface area contributed by atoms with Crippen LogP contribution < -0.4 is 20.1 Å². The van der Waals surface area contributed by atoms with Gasteiger partial charge in [0.05, 0.1) is 17.8 Å². The molecule has 1 N–H and O–H groups in total. The number of H-pyrrole nitrogens is 1. The van der Waals surface area contributed by atoms with Gasteiger partial charge in [0.25, 0.3) is 0 Å². The Labute approximate surface area is 205 Å². The summed E-state index contributed by atoms with van der Waals surface area (Å²) in [5.74, 6) is 1.53. The largest absolute Gasteiger partial charge is 0.478 e. The van der Waals surface area contributed by atoms with Crippen LogP contribution in [0.4, 0.5) is 11.5 Å². The number of aromatic nitrogens is 3. The van der Waals surface area contributed by atoms with E-state index in [1.165, 1.54) is 17.1 Å². The Morgan fingerprint density at radius 3 is 2.54 bits per heavy atom. The van der Waals surface area contributed by atoms with Gasteiger partial charge in [0.2, 0.25) is 11.4 Å². The van der Waals surface area contributed by atoms with Crippen LogP contribution in [0, 0.1) is 0 Å². The van der Waals surface area contributed by atoms with E-state index >= 15 is 0 Å². The molecule has 0 radical (unpaired) electrons. The average Bonchev–Trinajstić information content (AvgIpc) is 2.88. The van der Waals surface area contributed by atoms with Gasteiger partial charge < -0.3 is 19.5 Å². The molecule has 8 nitrogen and oxygen atoms in total. The first-order valence-electron chi connectivity index (χ1n) is 12.2. The minimum atomic E-state index is -0.155. The van der Waals surface area contributed by atoms with Gasteiger partial charge in [0.1, 0.15) is 11.5 Å². The summed E-state index contributed by atoms with van der Waals surface area (Å²) in [6.07, 6.45) is 2.04. The number of para-hydroxylation sites is 1. The number of hydrogen-bond acceptors (Lipinski definition) is 7. The zero-order chi connectivity index (χ0) is 24.2. The third kappa shape index (κ3) is 5.38. The Hall–Kier alpha value is -3.65. The Balaban J connectivity index is 1.09. The maximum absolute atomic E-state index is 11.5. The first-order valence-corrected chi connectivity index (χ1v) is 12.2. The number of unbranched alkanes of at least 4 members (excludes halogenated alkanes) is 1. The van der Waals surface area contributed by atoms with Gasteiger partial charge in [-0.1, -0.05) is 12.1 Å². The molecule has 1 aliphatic heterocycles. The molecule has 5 rings (SSSR count). The van der Waals surface area contributed by atoms with Crippen molar-refractivity contribution in [1.29, 1.82) is 0 Å². The highest BCUT2D eigenvalue weighted by Gasteiger charge is 2.19. The molecule has 182 valence electrons. The number of pyridine rings is 3. The highest BCUT2D eigenvalue weighted by Crippen LogP contribution is 2.28. The van der Waals surface area contributed by atoms with E-state index in [9.17, 15) is 4.79 Å². The molecule has 1 saturated heterocycles. The van der Waals surface area contributed by atoms with E-state index < -0.39 is 0 Å². The summed E-state index contributed by atoms with van der Waals surface area (Å²) in [6.45, 7) is 5.78. The number of nitrogens with zero attached hydrogens (tertiary/aromatic N) is 5. The lowest BCUT2D eigenvalue weighted by molar-refractivity contribution is 0.237. The fourth-order valence-corrected chi connectivity index (χ4v) is 4.54. The van der Waals surface area contributed by atoms with Crippen molar-refractivity contribution < 1.29 is 4.74 Å². The van der Waals surface area contributed by atoms with Crippen molar-refractivity contribution in [1.82, 2.24) is 19.9 Å². The van der Waals surface area contributed by atoms with Gasteiger partial charge in [-0.15, -0.1) is 0 Å². The summed E-state index contributed by atoms with van der Waals surface area (Å²) in [7, 11) is 4.06. The van der Waals surface area contributed by atoms with Gasteiger partial charge in [-0.2, -0.15) is 4.98 Å². The molecule has 0 amide bonds. The number of anilines is 2. The van der Waals surface area contributed by atoms with E-state index in [4.69, 9.17) is 9.72 Å². The zero-order valence-corrected chi connectivity index (χ0v) is 20.4. The zero-order valence-electron chi connectivity index (χ0n) is 20.4. The molecular formula is C27H32N6O2. The van der Waals surface area contributed by atoms with Gasteiger partial charge >= 0.3 is 0 Å². The molecule has 0 bridgehead atoms. The summed E-state index contributed by atoms with van der Waals surface area (Å²) in [4.78, 5) is 30.6. The molecule has 4 aromatic rings. The SMILES string of the molecule is CN(C)c1ccc2cccc(N3CCN(CCCCOc4ccc5ccc(=O)[nH]c5n4)CC3)c2n1. The Morgan fingerprint density at radius 1 is 0.914 bits per heavy atom. The quantitative estimate of drug-likeness (QED) is 0.393. The normalized spacial score (nSPS) is 14.5. The van der Waals surface area contributed by atoms with Crippen molar-refractivity contribution in [3.63, 3.8) is 0 Å². The fraction of sp³-hybridized carbons (Fsp3) is 0.370. The van der Waals surface area contributed by atoms with Crippen molar-refractivity contribution in [3.05, 3.63) is 65.0 Å². The number of nitrogens with one attached hydrogen (secondary N) is 1. The van der Waals surface area contributed by atoms with E-state index in [2.05, 4.69) is 55.0 Å². The van der Waals surface area contributed by atoms with Crippen molar-refractivity contribution in [3.8, 4) is 5.88 Å². The molecule has 1 fully saturated rings. The summed E-state index contributed by atoms with van der Waals surface area (Å²) in [5, 5.41) is 2.08. The van der Waals surface area contributed by atoms with E-state index in [0.717, 1.165) is 62.3 Å². The molecule has 0 aliphatic carbocycles. The van der Waals surface area contributed by atoms with E-state index in [1.807, 2.05) is 26.2 Å².